The molecule has 1 heterocycles. The van der Waals surface area contributed by atoms with E-state index in [-0.39, 0.29) is 5.91 Å². The Morgan fingerprint density at radius 3 is 2.60 bits per heavy atom. The largest absolute Gasteiger partial charge is 0.493 e. The summed E-state index contributed by atoms with van der Waals surface area (Å²) >= 11 is 0. The second-order valence-corrected chi connectivity index (χ2v) is 4.85. The number of benzene rings is 1. The molecule has 0 aromatic heterocycles. The minimum atomic E-state index is 0.0569. The molecule has 5 heteroatoms. The molecule has 2 rings (SSSR count). The molecule has 0 aliphatic carbocycles. The summed E-state index contributed by atoms with van der Waals surface area (Å²) in [5.74, 6) is 0.728. The van der Waals surface area contributed by atoms with Gasteiger partial charge in [0, 0.05) is 39.3 Å². The predicted octanol–water partition coefficient (Wildman–Crippen LogP) is 0.802. The summed E-state index contributed by atoms with van der Waals surface area (Å²) in [6.07, 6.45) is 0. The third-order valence-corrected chi connectivity index (χ3v) is 3.52. The van der Waals surface area contributed by atoms with E-state index in [0.29, 0.717) is 24.5 Å². The highest BCUT2D eigenvalue weighted by molar-refractivity contribution is 5.97. The van der Waals surface area contributed by atoms with Gasteiger partial charge in [-0.1, -0.05) is 12.1 Å². The SMILES string of the molecule is CCOc1ccccc1C(=O)N1CCN(CCN)CC1. The Kier molecular flexibility index (Phi) is 5.38. The molecule has 0 bridgehead atoms. The van der Waals surface area contributed by atoms with Crippen molar-refractivity contribution in [2.75, 3.05) is 45.9 Å². The maximum Gasteiger partial charge on any atom is 0.257 e. The van der Waals surface area contributed by atoms with E-state index in [1.807, 2.05) is 36.1 Å². The van der Waals surface area contributed by atoms with E-state index in [1.54, 1.807) is 0 Å². The molecule has 5 nitrogen and oxygen atoms in total. The van der Waals surface area contributed by atoms with Gasteiger partial charge in [-0.05, 0) is 19.1 Å². The Morgan fingerprint density at radius 1 is 1.25 bits per heavy atom. The zero-order chi connectivity index (χ0) is 14.4. The zero-order valence-corrected chi connectivity index (χ0v) is 12.0. The number of carbonyl (C=O) groups is 1. The highest BCUT2D eigenvalue weighted by atomic mass is 16.5. The topological polar surface area (TPSA) is 58.8 Å². The van der Waals surface area contributed by atoms with Gasteiger partial charge in [0.15, 0.2) is 0 Å². The molecule has 1 aliphatic rings. The highest BCUT2D eigenvalue weighted by Crippen LogP contribution is 2.20. The van der Waals surface area contributed by atoms with Crippen LogP contribution in [-0.2, 0) is 0 Å². The first kappa shape index (κ1) is 14.8. The van der Waals surface area contributed by atoms with Gasteiger partial charge in [0.2, 0.25) is 0 Å². The van der Waals surface area contributed by atoms with Gasteiger partial charge in [-0.15, -0.1) is 0 Å². The summed E-state index contributed by atoms with van der Waals surface area (Å²) in [6.45, 7) is 7.33. The van der Waals surface area contributed by atoms with Crippen LogP contribution in [-0.4, -0.2) is 61.6 Å². The number of carbonyl (C=O) groups excluding carboxylic acids is 1. The molecule has 1 aromatic rings. The van der Waals surface area contributed by atoms with Gasteiger partial charge in [0.25, 0.3) is 5.91 Å². The van der Waals surface area contributed by atoms with Gasteiger partial charge in [-0.3, -0.25) is 9.69 Å². The first-order valence-corrected chi connectivity index (χ1v) is 7.19. The minimum absolute atomic E-state index is 0.0569. The molecule has 0 spiro atoms. The number of rotatable bonds is 5. The van der Waals surface area contributed by atoms with E-state index in [1.165, 1.54) is 0 Å². The number of hydrogen-bond acceptors (Lipinski definition) is 4. The molecule has 0 saturated carbocycles. The summed E-state index contributed by atoms with van der Waals surface area (Å²) in [5.41, 5.74) is 6.21. The van der Waals surface area contributed by atoms with Gasteiger partial charge in [0.1, 0.15) is 5.75 Å². The number of amides is 1. The molecule has 1 aromatic carbocycles. The van der Waals surface area contributed by atoms with Crippen molar-refractivity contribution in [2.24, 2.45) is 5.73 Å². The van der Waals surface area contributed by atoms with Crippen molar-refractivity contribution in [2.45, 2.75) is 6.92 Å². The van der Waals surface area contributed by atoms with Crippen LogP contribution < -0.4 is 10.5 Å². The normalized spacial score (nSPS) is 16.2. The van der Waals surface area contributed by atoms with Crippen molar-refractivity contribution in [3.63, 3.8) is 0 Å². The molecule has 1 saturated heterocycles. The average Bonchev–Trinajstić information content (AvgIpc) is 2.49. The van der Waals surface area contributed by atoms with Gasteiger partial charge in [0.05, 0.1) is 12.2 Å². The maximum atomic E-state index is 12.6. The number of para-hydroxylation sites is 1. The van der Waals surface area contributed by atoms with E-state index in [0.717, 1.165) is 32.7 Å². The van der Waals surface area contributed by atoms with Crippen LogP contribution in [0.1, 0.15) is 17.3 Å². The predicted molar refractivity (Wildman–Crippen MR) is 79.0 cm³/mol. The number of piperazine rings is 1. The zero-order valence-electron chi connectivity index (χ0n) is 12.0. The molecule has 20 heavy (non-hydrogen) atoms. The number of nitrogens with zero attached hydrogens (tertiary/aromatic N) is 2. The van der Waals surface area contributed by atoms with Crippen LogP contribution in [0.2, 0.25) is 0 Å². The Labute approximate surface area is 120 Å². The second-order valence-electron chi connectivity index (χ2n) is 4.85. The van der Waals surface area contributed by atoms with Crippen LogP contribution in [0.5, 0.6) is 5.75 Å². The molecule has 1 aliphatic heterocycles. The molecule has 0 atom stereocenters. The molecular weight excluding hydrogens is 254 g/mol. The third-order valence-electron chi connectivity index (χ3n) is 3.52. The summed E-state index contributed by atoms with van der Waals surface area (Å²) in [5, 5.41) is 0. The standard InChI is InChI=1S/C15H23N3O2/c1-2-20-14-6-4-3-5-13(14)15(19)18-11-9-17(8-7-16)10-12-18/h3-6H,2,7-12,16H2,1H3. The number of nitrogens with two attached hydrogens (primary N) is 1. The lowest BCUT2D eigenvalue weighted by Crippen LogP contribution is -2.49. The van der Waals surface area contributed by atoms with Gasteiger partial charge >= 0.3 is 0 Å². The third kappa shape index (κ3) is 3.49. The molecule has 1 amide bonds. The van der Waals surface area contributed by atoms with Crippen molar-refractivity contribution in [1.29, 1.82) is 0 Å². The molecule has 110 valence electrons. The van der Waals surface area contributed by atoms with E-state index in [9.17, 15) is 4.79 Å². The summed E-state index contributed by atoms with van der Waals surface area (Å²) in [6, 6.07) is 7.45. The van der Waals surface area contributed by atoms with E-state index in [4.69, 9.17) is 10.5 Å². The summed E-state index contributed by atoms with van der Waals surface area (Å²) in [4.78, 5) is 16.7. The van der Waals surface area contributed by atoms with Crippen LogP contribution in [0.4, 0.5) is 0 Å². The van der Waals surface area contributed by atoms with Gasteiger partial charge in [-0.2, -0.15) is 0 Å². The number of hydrogen-bond donors (Lipinski definition) is 1. The highest BCUT2D eigenvalue weighted by Gasteiger charge is 2.23. The molecule has 0 unspecified atom stereocenters. The first-order chi connectivity index (χ1) is 9.76. The average molecular weight is 277 g/mol. The minimum Gasteiger partial charge on any atom is -0.493 e. The van der Waals surface area contributed by atoms with Crippen molar-refractivity contribution >= 4 is 5.91 Å². The molecule has 2 N–H and O–H groups in total. The second kappa shape index (κ2) is 7.26. The fraction of sp³-hybridized carbons (Fsp3) is 0.533. The monoisotopic (exact) mass is 277 g/mol. The van der Waals surface area contributed by atoms with Gasteiger partial charge < -0.3 is 15.4 Å². The Balaban J connectivity index is 2.02. The Hall–Kier alpha value is -1.59. The van der Waals surface area contributed by atoms with Crippen LogP contribution >= 0.6 is 0 Å². The van der Waals surface area contributed by atoms with Crippen LogP contribution in [0, 0.1) is 0 Å². The molecule has 0 radical (unpaired) electrons. The first-order valence-electron chi connectivity index (χ1n) is 7.19. The molecule has 1 fully saturated rings. The fourth-order valence-corrected chi connectivity index (χ4v) is 2.45. The summed E-state index contributed by atoms with van der Waals surface area (Å²) in [7, 11) is 0. The smallest absolute Gasteiger partial charge is 0.257 e. The number of ether oxygens (including phenoxy) is 1. The van der Waals surface area contributed by atoms with Crippen LogP contribution in [0.15, 0.2) is 24.3 Å². The van der Waals surface area contributed by atoms with E-state index >= 15 is 0 Å². The fourth-order valence-electron chi connectivity index (χ4n) is 2.45. The Bertz CT molecular complexity index is 442. The Morgan fingerprint density at radius 2 is 1.95 bits per heavy atom. The quantitative estimate of drug-likeness (QED) is 0.865. The molecular formula is C15H23N3O2. The van der Waals surface area contributed by atoms with Crippen LogP contribution in [0.25, 0.3) is 0 Å². The van der Waals surface area contributed by atoms with Crippen molar-refractivity contribution in [3.05, 3.63) is 29.8 Å². The lowest BCUT2D eigenvalue weighted by molar-refractivity contribution is 0.0637. The van der Waals surface area contributed by atoms with E-state index in [2.05, 4.69) is 4.90 Å². The summed E-state index contributed by atoms with van der Waals surface area (Å²) < 4.78 is 5.53. The van der Waals surface area contributed by atoms with E-state index < -0.39 is 0 Å². The maximum absolute atomic E-state index is 12.6. The van der Waals surface area contributed by atoms with Crippen molar-refractivity contribution < 1.29 is 9.53 Å². The lowest BCUT2D eigenvalue weighted by atomic mass is 10.1. The van der Waals surface area contributed by atoms with Crippen LogP contribution in [0.3, 0.4) is 0 Å². The van der Waals surface area contributed by atoms with Crippen molar-refractivity contribution in [1.82, 2.24) is 9.80 Å². The van der Waals surface area contributed by atoms with Crippen molar-refractivity contribution in [3.8, 4) is 5.75 Å². The van der Waals surface area contributed by atoms with Gasteiger partial charge in [-0.25, -0.2) is 0 Å². The lowest BCUT2D eigenvalue weighted by Gasteiger charge is -2.34.